The number of ether oxygens (including phenoxy) is 3. The third-order valence-electron chi connectivity index (χ3n) is 6.81. The minimum atomic E-state index is -0.836. The van der Waals surface area contributed by atoms with Gasteiger partial charge in [0, 0.05) is 42.0 Å². The van der Waals surface area contributed by atoms with Gasteiger partial charge in [0.1, 0.15) is 11.8 Å². The number of rotatable bonds is 7. The number of para-hydroxylation sites is 1. The second-order valence-corrected chi connectivity index (χ2v) is 10.2. The molecule has 0 bridgehead atoms. The summed E-state index contributed by atoms with van der Waals surface area (Å²) in [5, 5.41) is 11.6. The molecule has 1 aromatic heterocycles. The molecule has 11 nitrogen and oxygen atoms in total. The minimum absolute atomic E-state index is 0.0802. The maximum atomic E-state index is 14.0. The van der Waals surface area contributed by atoms with Crippen LogP contribution in [-0.2, 0) is 14.3 Å². The van der Waals surface area contributed by atoms with E-state index in [9.17, 15) is 19.7 Å². The van der Waals surface area contributed by atoms with Crippen LogP contribution in [0, 0.1) is 10.1 Å². The third kappa shape index (κ3) is 5.03. The molecule has 12 heteroatoms. The Bertz CT molecular complexity index is 1680. The Balaban J connectivity index is 1.74. The zero-order valence-corrected chi connectivity index (χ0v) is 23.1. The molecule has 3 aromatic rings. The number of non-ortho nitro benzene ring substituents is 1. The van der Waals surface area contributed by atoms with Crippen molar-refractivity contribution >= 4 is 34.8 Å². The van der Waals surface area contributed by atoms with Crippen molar-refractivity contribution in [1.82, 2.24) is 4.57 Å². The number of methoxy groups -OCH3 is 1. The van der Waals surface area contributed by atoms with Gasteiger partial charge in [0.25, 0.3) is 11.2 Å². The van der Waals surface area contributed by atoms with Crippen molar-refractivity contribution in [3.63, 3.8) is 0 Å². The van der Waals surface area contributed by atoms with Crippen LogP contribution in [0.25, 0.3) is 6.08 Å². The summed E-state index contributed by atoms with van der Waals surface area (Å²) < 4.78 is 18.2. The Morgan fingerprint density at radius 3 is 2.70 bits per heavy atom. The van der Waals surface area contributed by atoms with E-state index in [1.807, 2.05) is 12.1 Å². The van der Waals surface area contributed by atoms with E-state index in [0.717, 1.165) is 17.0 Å². The normalized spacial score (nSPS) is 17.3. The number of nitrogens with zero attached hydrogens (tertiary/aromatic N) is 4. The summed E-state index contributed by atoms with van der Waals surface area (Å²) in [4.78, 5) is 45.4. The van der Waals surface area contributed by atoms with Crippen LogP contribution in [0.3, 0.4) is 0 Å². The smallest absolute Gasteiger partial charge is 0.338 e. The van der Waals surface area contributed by atoms with Gasteiger partial charge in [-0.3, -0.25) is 19.5 Å². The average molecular weight is 565 g/mol. The Labute approximate surface area is 233 Å². The van der Waals surface area contributed by atoms with Gasteiger partial charge < -0.3 is 19.1 Å². The molecule has 0 amide bonds. The summed E-state index contributed by atoms with van der Waals surface area (Å²) in [5.41, 5.74) is 2.14. The SMILES string of the molecule is CCOC(=O)C1=C(C)N=c2sc(=Cc3cc([N+](=O)[O-])ccc3N3CCOCC3)c(=O)n2C1c1ccccc1OC. The van der Waals surface area contributed by atoms with E-state index in [-0.39, 0.29) is 23.4 Å². The lowest BCUT2D eigenvalue weighted by atomic mass is 9.95. The number of allylic oxidation sites excluding steroid dienone is 1. The summed E-state index contributed by atoms with van der Waals surface area (Å²) in [6, 6.07) is 11.0. The highest BCUT2D eigenvalue weighted by molar-refractivity contribution is 7.07. The monoisotopic (exact) mass is 564 g/mol. The Morgan fingerprint density at radius 2 is 2.00 bits per heavy atom. The van der Waals surface area contributed by atoms with Crippen molar-refractivity contribution in [2.24, 2.45) is 4.99 Å². The van der Waals surface area contributed by atoms with Gasteiger partial charge in [-0.05, 0) is 32.1 Å². The molecule has 0 spiro atoms. The largest absolute Gasteiger partial charge is 0.496 e. The number of nitro benzene ring substituents is 1. The summed E-state index contributed by atoms with van der Waals surface area (Å²) >= 11 is 1.16. The molecule has 1 saturated heterocycles. The molecule has 1 fully saturated rings. The van der Waals surface area contributed by atoms with Crippen LogP contribution in [-0.4, -0.2) is 55.5 Å². The Kier molecular flexibility index (Phi) is 7.81. The fraction of sp³-hybridized carbons (Fsp3) is 0.321. The lowest BCUT2D eigenvalue weighted by Crippen LogP contribution is -2.40. The van der Waals surface area contributed by atoms with Gasteiger partial charge in [0.15, 0.2) is 4.80 Å². The van der Waals surface area contributed by atoms with Gasteiger partial charge >= 0.3 is 5.97 Å². The van der Waals surface area contributed by atoms with Gasteiger partial charge in [-0.15, -0.1) is 0 Å². The Hall–Kier alpha value is -4.29. The molecule has 0 N–H and O–H groups in total. The molecule has 0 radical (unpaired) electrons. The van der Waals surface area contributed by atoms with Crippen LogP contribution in [0.15, 0.2) is 63.5 Å². The number of hydrogen-bond donors (Lipinski definition) is 0. The molecule has 1 unspecified atom stereocenters. The van der Waals surface area contributed by atoms with Crippen molar-refractivity contribution in [1.29, 1.82) is 0 Å². The summed E-state index contributed by atoms with van der Waals surface area (Å²) in [5.74, 6) is -0.0610. The van der Waals surface area contributed by atoms with E-state index in [1.165, 1.54) is 23.8 Å². The number of nitro groups is 1. The van der Waals surface area contributed by atoms with Crippen molar-refractivity contribution in [2.45, 2.75) is 19.9 Å². The molecule has 0 saturated carbocycles. The van der Waals surface area contributed by atoms with E-state index < -0.39 is 16.9 Å². The highest BCUT2D eigenvalue weighted by Gasteiger charge is 2.35. The van der Waals surface area contributed by atoms with Crippen LogP contribution < -0.4 is 24.5 Å². The standard InChI is InChI=1S/C28H28N4O7S/c1-4-39-27(34)24-17(2)29-28-31(25(24)20-7-5-6-8-22(20)37-3)26(33)23(40-28)16-18-15-19(32(35)36)9-10-21(18)30-11-13-38-14-12-30/h5-10,15-16,25H,4,11-14H2,1-3H3. The van der Waals surface area contributed by atoms with E-state index in [0.29, 0.717) is 58.2 Å². The highest BCUT2D eigenvalue weighted by atomic mass is 32.1. The first-order valence-electron chi connectivity index (χ1n) is 12.8. The Morgan fingerprint density at radius 1 is 1.25 bits per heavy atom. The second-order valence-electron chi connectivity index (χ2n) is 9.14. The van der Waals surface area contributed by atoms with Crippen molar-refractivity contribution in [3.05, 3.63) is 94.7 Å². The molecule has 1 atom stereocenters. The molecule has 2 aliphatic rings. The number of anilines is 1. The van der Waals surface area contributed by atoms with Crippen LogP contribution in [0.4, 0.5) is 11.4 Å². The van der Waals surface area contributed by atoms with Crippen molar-refractivity contribution in [2.75, 3.05) is 44.9 Å². The molecule has 0 aliphatic carbocycles. The number of esters is 1. The molecule has 5 rings (SSSR count). The van der Waals surface area contributed by atoms with Crippen molar-refractivity contribution < 1.29 is 23.9 Å². The van der Waals surface area contributed by atoms with E-state index in [4.69, 9.17) is 14.2 Å². The maximum Gasteiger partial charge on any atom is 0.338 e. The fourth-order valence-corrected chi connectivity index (χ4v) is 6.02. The zero-order chi connectivity index (χ0) is 28.4. The number of morpholine rings is 1. The molecule has 208 valence electrons. The predicted octanol–water partition coefficient (Wildman–Crippen LogP) is 2.55. The zero-order valence-electron chi connectivity index (χ0n) is 22.3. The van der Waals surface area contributed by atoms with Crippen molar-refractivity contribution in [3.8, 4) is 5.75 Å². The van der Waals surface area contributed by atoms with Crippen LogP contribution in [0.2, 0.25) is 0 Å². The lowest BCUT2D eigenvalue weighted by molar-refractivity contribution is -0.384. The van der Waals surface area contributed by atoms with E-state index in [1.54, 1.807) is 38.1 Å². The number of fused-ring (bicyclic) bond motifs is 1. The topological polar surface area (TPSA) is 126 Å². The van der Waals surface area contributed by atoms with Gasteiger partial charge in [-0.2, -0.15) is 0 Å². The third-order valence-corrected chi connectivity index (χ3v) is 7.79. The quantitative estimate of drug-likeness (QED) is 0.244. The molecular weight excluding hydrogens is 536 g/mol. The van der Waals surface area contributed by atoms with Gasteiger partial charge in [-0.1, -0.05) is 29.5 Å². The maximum absolute atomic E-state index is 14.0. The number of hydrogen-bond acceptors (Lipinski definition) is 10. The van der Waals surface area contributed by atoms with Crippen LogP contribution in [0.5, 0.6) is 5.75 Å². The first-order valence-corrected chi connectivity index (χ1v) is 13.6. The highest BCUT2D eigenvalue weighted by Crippen LogP contribution is 2.35. The number of carbonyl (C=O) groups is 1. The fourth-order valence-electron chi connectivity index (χ4n) is 4.98. The number of thiazole rings is 1. The molecule has 40 heavy (non-hydrogen) atoms. The van der Waals surface area contributed by atoms with E-state index in [2.05, 4.69) is 9.89 Å². The first kappa shape index (κ1) is 27.3. The summed E-state index contributed by atoms with van der Waals surface area (Å²) in [6.07, 6.45) is 1.66. The predicted molar refractivity (Wildman–Crippen MR) is 150 cm³/mol. The van der Waals surface area contributed by atoms with Crippen LogP contribution >= 0.6 is 11.3 Å². The van der Waals surface area contributed by atoms with Gasteiger partial charge in [0.05, 0.1) is 47.7 Å². The number of carbonyl (C=O) groups excluding carboxylic acids is 1. The van der Waals surface area contributed by atoms with Gasteiger partial charge in [-0.25, -0.2) is 9.79 Å². The van der Waals surface area contributed by atoms with Crippen LogP contribution in [0.1, 0.15) is 31.0 Å². The average Bonchev–Trinajstić information content (AvgIpc) is 3.26. The first-order chi connectivity index (χ1) is 19.3. The summed E-state index contributed by atoms with van der Waals surface area (Å²) in [6.45, 7) is 5.90. The minimum Gasteiger partial charge on any atom is -0.496 e. The van der Waals surface area contributed by atoms with E-state index >= 15 is 0 Å². The summed E-state index contributed by atoms with van der Waals surface area (Å²) in [7, 11) is 1.53. The molecule has 2 aliphatic heterocycles. The molecule has 2 aromatic carbocycles. The number of aromatic nitrogens is 1. The number of benzene rings is 2. The molecule has 3 heterocycles. The lowest BCUT2D eigenvalue weighted by Gasteiger charge is -2.30. The van der Waals surface area contributed by atoms with Gasteiger partial charge in [0.2, 0.25) is 0 Å². The second kappa shape index (κ2) is 11.4. The molecular formula is C28H28N4O7S.